The molecule has 3 aromatic heterocycles. The summed E-state index contributed by atoms with van der Waals surface area (Å²) >= 11 is 6.12. The third-order valence-electron chi connectivity index (χ3n) is 9.59. The number of fused-ring (bicyclic) bond motifs is 3. The highest BCUT2D eigenvalue weighted by Crippen LogP contribution is 2.52. The van der Waals surface area contributed by atoms with Crippen molar-refractivity contribution < 1.29 is 26.7 Å². The third-order valence-corrected chi connectivity index (χ3v) is 9.90. The molecule has 2 aliphatic heterocycles. The number of aromatic nitrogens is 6. The zero-order valence-corrected chi connectivity index (χ0v) is 25.9. The molecule has 0 N–H and O–H groups in total. The molecule has 15 heteroatoms. The van der Waals surface area contributed by atoms with Crippen LogP contribution in [0.15, 0.2) is 24.5 Å². The van der Waals surface area contributed by atoms with Gasteiger partial charge in [0.15, 0.2) is 11.5 Å². The third kappa shape index (κ3) is 5.42. The molecule has 0 amide bonds. The van der Waals surface area contributed by atoms with Crippen molar-refractivity contribution in [1.82, 2.24) is 34.0 Å². The zero-order valence-electron chi connectivity index (χ0n) is 25.1. The maximum absolute atomic E-state index is 14.2. The van der Waals surface area contributed by atoms with Crippen molar-refractivity contribution in [3.05, 3.63) is 46.5 Å². The molecule has 4 atom stereocenters. The minimum Gasteiger partial charge on any atom is -0.376 e. The van der Waals surface area contributed by atoms with Crippen molar-refractivity contribution in [1.29, 1.82) is 0 Å². The maximum atomic E-state index is 14.2. The SMILES string of the molecule is Cc1nc2c(N3C[C@@H](C)N(C(c4ccc(C(F)(F)F)c(Cl)c4)C4CC(F)(F)C4)C[C@@H]3C)nc3nncn3c2n1CC1CCCO1. The minimum absolute atomic E-state index is 0.0845. The molecule has 3 aliphatic rings. The number of benzene rings is 1. The number of alkyl halides is 5. The molecule has 9 nitrogen and oxygen atoms in total. The van der Waals surface area contributed by atoms with E-state index in [0.29, 0.717) is 42.3 Å². The van der Waals surface area contributed by atoms with Crippen LogP contribution in [0, 0.1) is 12.8 Å². The largest absolute Gasteiger partial charge is 0.417 e. The van der Waals surface area contributed by atoms with Crippen LogP contribution in [0.1, 0.15) is 62.5 Å². The molecular formula is C30H34ClF5N8O. The number of anilines is 1. The van der Waals surface area contributed by atoms with Crippen molar-refractivity contribution in [2.45, 2.75) is 89.3 Å². The Morgan fingerprint density at radius 3 is 2.56 bits per heavy atom. The van der Waals surface area contributed by atoms with E-state index in [1.165, 1.54) is 12.1 Å². The number of aryl methyl sites for hydroxylation is 1. The zero-order chi connectivity index (χ0) is 31.8. The van der Waals surface area contributed by atoms with E-state index in [0.717, 1.165) is 37.0 Å². The fourth-order valence-electron chi connectivity index (χ4n) is 7.41. The van der Waals surface area contributed by atoms with Crippen molar-refractivity contribution in [3.63, 3.8) is 0 Å². The van der Waals surface area contributed by atoms with E-state index in [-0.39, 0.29) is 31.0 Å². The minimum atomic E-state index is -4.61. The molecule has 1 aromatic carbocycles. The second-order valence-electron chi connectivity index (χ2n) is 12.8. The van der Waals surface area contributed by atoms with Gasteiger partial charge >= 0.3 is 6.18 Å². The maximum Gasteiger partial charge on any atom is 0.417 e. The number of nitrogens with zero attached hydrogens (tertiary/aromatic N) is 8. The second kappa shape index (κ2) is 11.0. The van der Waals surface area contributed by atoms with Gasteiger partial charge < -0.3 is 14.2 Å². The van der Waals surface area contributed by atoms with Crippen LogP contribution in [-0.4, -0.2) is 77.8 Å². The van der Waals surface area contributed by atoms with Crippen LogP contribution in [0.4, 0.5) is 27.8 Å². The molecule has 242 valence electrons. The lowest BCUT2D eigenvalue weighted by molar-refractivity contribution is -0.137. The Labute approximate surface area is 261 Å². The molecular weight excluding hydrogens is 619 g/mol. The normalized spacial score (nSPS) is 25.4. The first-order valence-electron chi connectivity index (χ1n) is 15.3. The summed E-state index contributed by atoms with van der Waals surface area (Å²) in [6.07, 6.45) is -1.57. The van der Waals surface area contributed by atoms with Gasteiger partial charge in [-0.05, 0) is 57.2 Å². The Bertz CT molecular complexity index is 1730. The average Bonchev–Trinajstić information content (AvgIpc) is 3.70. The fraction of sp³-hybridized carbons (Fsp3) is 0.600. The van der Waals surface area contributed by atoms with Gasteiger partial charge in [0, 0.05) is 50.7 Å². The van der Waals surface area contributed by atoms with Crippen LogP contribution in [0.5, 0.6) is 0 Å². The summed E-state index contributed by atoms with van der Waals surface area (Å²) in [5, 5.41) is 7.92. The first kappa shape index (κ1) is 30.5. The van der Waals surface area contributed by atoms with E-state index in [1.54, 1.807) is 6.33 Å². The molecule has 2 unspecified atom stereocenters. The predicted octanol–water partition coefficient (Wildman–Crippen LogP) is 6.32. The van der Waals surface area contributed by atoms with E-state index in [4.69, 9.17) is 26.3 Å². The lowest BCUT2D eigenvalue weighted by atomic mass is 9.73. The van der Waals surface area contributed by atoms with Gasteiger partial charge in [-0.2, -0.15) is 18.2 Å². The van der Waals surface area contributed by atoms with Crippen LogP contribution in [0.25, 0.3) is 16.9 Å². The summed E-state index contributed by atoms with van der Waals surface area (Å²) in [7, 11) is 0. The number of ether oxygens (including phenoxy) is 1. The van der Waals surface area contributed by atoms with Crippen LogP contribution >= 0.6 is 11.6 Å². The second-order valence-corrected chi connectivity index (χ2v) is 13.2. The Morgan fingerprint density at radius 2 is 1.89 bits per heavy atom. The standard InChI is InChI=1S/C30H34ClF5N8O/c1-16-13-42(26-24-27(44-15-37-40-28(44)39-26)43(18(3)38-24)14-21-5-4-8-45-21)17(2)12-41(16)25(20-10-29(32,33)11-20)19-6-7-22(23(31)9-19)30(34,35)36/h6-7,9,15-17,20-21,25H,4-5,8,10-14H2,1-3H3/t16-,17+,21?,25?/m1/s1. The average molecular weight is 653 g/mol. The van der Waals surface area contributed by atoms with Crippen LogP contribution in [0.2, 0.25) is 5.02 Å². The Kier molecular flexibility index (Phi) is 7.47. The molecule has 0 bridgehead atoms. The summed E-state index contributed by atoms with van der Waals surface area (Å²) in [6, 6.07) is 2.80. The van der Waals surface area contributed by atoms with E-state index in [1.807, 2.05) is 25.2 Å². The van der Waals surface area contributed by atoms with E-state index >= 15 is 0 Å². The first-order valence-corrected chi connectivity index (χ1v) is 15.6. The topological polar surface area (TPSA) is 76.6 Å². The monoisotopic (exact) mass is 652 g/mol. The van der Waals surface area contributed by atoms with Crippen LogP contribution in [0.3, 0.4) is 0 Å². The summed E-state index contributed by atoms with van der Waals surface area (Å²) in [4.78, 5) is 14.1. The van der Waals surface area contributed by atoms with Gasteiger partial charge in [0.25, 0.3) is 5.78 Å². The molecule has 7 rings (SSSR count). The van der Waals surface area contributed by atoms with Crippen molar-refractivity contribution in [2.75, 3.05) is 24.6 Å². The molecule has 0 radical (unpaired) electrons. The lowest BCUT2D eigenvalue weighted by Crippen LogP contribution is -2.59. The van der Waals surface area contributed by atoms with E-state index in [9.17, 15) is 22.0 Å². The van der Waals surface area contributed by atoms with Gasteiger partial charge in [0.2, 0.25) is 5.92 Å². The van der Waals surface area contributed by atoms with E-state index in [2.05, 4.69) is 24.6 Å². The smallest absolute Gasteiger partial charge is 0.376 e. The number of imidazole rings is 1. The highest BCUT2D eigenvalue weighted by Gasteiger charge is 2.52. The number of halogens is 6. The summed E-state index contributed by atoms with van der Waals surface area (Å²) in [5.74, 6) is -1.32. The number of piperazine rings is 1. The van der Waals surface area contributed by atoms with Crippen LogP contribution in [-0.2, 0) is 17.5 Å². The highest BCUT2D eigenvalue weighted by molar-refractivity contribution is 6.31. The molecule has 0 spiro atoms. The Morgan fingerprint density at radius 1 is 1.11 bits per heavy atom. The van der Waals surface area contributed by atoms with Gasteiger partial charge in [0.05, 0.1) is 23.2 Å². The molecule has 2 saturated heterocycles. The van der Waals surface area contributed by atoms with Gasteiger partial charge in [-0.3, -0.25) is 4.90 Å². The van der Waals surface area contributed by atoms with E-state index < -0.39 is 34.6 Å². The van der Waals surface area contributed by atoms with Crippen molar-refractivity contribution >= 4 is 34.4 Å². The fourth-order valence-corrected chi connectivity index (χ4v) is 7.70. The van der Waals surface area contributed by atoms with Gasteiger partial charge in [-0.15, -0.1) is 10.2 Å². The van der Waals surface area contributed by atoms with Crippen LogP contribution < -0.4 is 4.90 Å². The number of hydrogen-bond acceptors (Lipinski definition) is 7. The number of hydrogen-bond donors (Lipinski definition) is 0. The Hall–Kier alpha value is -3.10. The molecule has 3 fully saturated rings. The van der Waals surface area contributed by atoms with Gasteiger partial charge in [-0.25, -0.2) is 18.2 Å². The summed E-state index contributed by atoms with van der Waals surface area (Å²) in [5.41, 5.74) is 1.10. The van der Waals surface area contributed by atoms with Gasteiger partial charge in [-0.1, -0.05) is 17.7 Å². The molecule has 5 heterocycles. The molecule has 1 aliphatic carbocycles. The Balaban J connectivity index is 1.23. The highest BCUT2D eigenvalue weighted by atomic mass is 35.5. The lowest BCUT2D eigenvalue weighted by Gasteiger charge is -2.52. The number of rotatable bonds is 6. The summed E-state index contributed by atoms with van der Waals surface area (Å²) < 4.78 is 78.6. The molecule has 45 heavy (non-hydrogen) atoms. The van der Waals surface area contributed by atoms with Crippen molar-refractivity contribution in [3.8, 4) is 0 Å². The molecule has 1 saturated carbocycles. The van der Waals surface area contributed by atoms with Gasteiger partial charge in [0.1, 0.15) is 17.7 Å². The summed E-state index contributed by atoms with van der Waals surface area (Å²) in [6.45, 7) is 8.31. The first-order chi connectivity index (χ1) is 21.3. The quantitative estimate of drug-likeness (QED) is 0.226. The molecule has 4 aromatic rings. The predicted molar refractivity (Wildman–Crippen MR) is 158 cm³/mol. The van der Waals surface area contributed by atoms with Crippen molar-refractivity contribution in [2.24, 2.45) is 5.92 Å².